The van der Waals surface area contributed by atoms with Crippen LogP contribution < -0.4 is 5.73 Å². The van der Waals surface area contributed by atoms with Crippen molar-refractivity contribution in [2.24, 2.45) is 5.73 Å². The first-order valence-corrected chi connectivity index (χ1v) is 3.69. The van der Waals surface area contributed by atoms with Crippen LogP contribution in [0.3, 0.4) is 0 Å². The molecule has 0 amide bonds. The summed E-state index contributed by atoms with van der Waals surface area (Å²) in [6.45, 7) is -0.177. The molecule has 0 saturated carbocycles. The molecule has 0 saturated heterocycles. The summed E-state index contributed by atoms with van der Waals surface area (Å²) in [7, 11) is 0. The number of carboxylic acids is 2. The van der Waals surface area contributed by atoms with Crippen molar-refractivity contribution in [2.75, 3.05) is 6.54 Å². The van der Waals surface area contributed by atoms with E-state index >= 15 is 0 Å². The molecule has 1 aromatic rings. The second-order valence-electron chi connectivity index (χ2n) is 2.55. The molecule has 1 atom stereocenters. The van der Waals surface area contributed by atoms with E-state index in [0.29, 0.717) is 0 Å². The molecular weight excluding hydrogens is 192 g/mol. The van der Waals surface area contributed by atoms with Crippen molar-refractivity contribution < 1.29 is 24.3 Å². The van der Waals surface area contributed by atoms with Crippen molar-refractivity contribution in [3.05, 3.63) is 17.5 Å². The third kappa shape index (κ3) is 1.88. The largest absolute Gasteiger partial charge is 0.481 e. The zero-order valence-electron chi connectivity index (χ0n) is 7.01. The molecule has 76 valence electrons. The van der Waals surface area contributed by atoms with Gasteiger partial charge in [-0.2, -0.15) is 0 Å². The van der Waals surface area contributed by atoms with Crippen molar-refractivity contribution in [1.29, 1.82) is 0 Å². The van der Waals surface area contributed by atoms with Crippen LogP contribution in [0.25, 0.3) is 0 Å². The number of hydrogen-bond donors (Lipinski definition) is 3. The van der Waals surface area contributed by atoms with Gasteiger partial charge in [0.1, 0.15) is 5.92 Å². The van der Waals surface area contributed by atoms with Crippen molar-refractivity contribution in [3.8, 4) is 0 Å². The lowest BCUT2D eigenvalue weighted by Gasteiger charge is -2.02. The Morgan fingerprint density at radius 1 is 1.57 bits per heavy atom. The number of carbonyl (C=O) groups is 2. The summed E-state index contributed by atoms with van der Waals surface area (Å²) in [5.41, 5.74) is 4.84. The van der Waals surface area contributed by atoms with Gasteiger partial charge in [0.25, 0.3) is 0 Å². The molecule has 1 unspecified atom stereocenters. The molecule has 1 aromatic heterocycles. The number of aliphatic carboxylic acids is 1. The predicted octanol–water partition coefficient (Wildman–Crippen LogP) is -0.500. The maximum absolute atomic E-state index is 10.6. The minimum atomic E-state index is -1.28. The number of hydrogen-bond acceptors (Lipinski definition) is 5. The second kappa shape index (κ2) is 3.88. The highest BCUT2D eigenvalue weighted by Crippen LogP contribution is 2.15. The van der Waals surface area contributed by atoms with Crippen molar-refractivity contribution in [2.45, 2.75) is 5.92 Å². The molecular formula is C7H8N2O5. The number of nitrogens with zero attached hydrogens (tertiary/aromatic N) is 1. The Hall–Kier alpha value is -1.89. The monoisotopic (exact) mass is 200 g/mol. The minimum Gasteiger partial charge on any atom is -0.481 e. The van der Waals surface area contributed by atoms with Gasteiger partial charge in [-0.1, -0.05) is 5.16 Å². The summed E-state index contributed by atoms with van der Waals surface area (Å²) in [5, 5.41) is 20.3. The van der Waals surface area contributed by atoms with Crippen molar-refractivity contribution in [3.63, 3.8) is 0 Å². The van der Waals surface area contributed by atoms with Gasteiger partial charge in [-0.25, -0.2) is 4.79 Å². The molecule has 0 aliphatic rings. The van der Waals surface area contributed by atoms with Gasteiger partial charge in [0.05, 0.1) is 0 Å². The van der Waals surface area contributed by atoms with Gasteiger partial charge in [-0.3, -0.25) is 4.79 Å². The van der Waals surface area contributed by atoms with E-state index in [1.54, 1.807) is 0 Å². The first-order valence-electron chi connectivity index (χ1n) is 3.69. The summed E-state index contributed by atoms with van der Waals surface area (Å²) in [6, 6.07) is 1.05. The highest BCUT2D eigenvalue weighted by atomic mass is 16.5. The third-order valence-electron chi connectivity index (χ3n) is 1.62. The van der Waals surface area contributed by atoms with Crippen LogP contribution in [-0.4, -0.2) is 33.9 Å². The van der Waals surface area contributed by atoms with Gasteiger partial charge in [0.2, 0.25) is 0 Å². The summed E-state index contributed by atoms with van der Waals surface area (Å²) < 4.78 is 4.55. The van der Waals surface area contributed by atoms with Gasteiger partial charge in [0.15, 0.2) is 11.5 Å². The van der Waals surface area contributed by atoms with E-state index in [1.165, 1.54) is 0 Å². The summed E-state index contributed by atoms with van der Waals surface area (Å²) >= 11 is 0. The zero-order chi connectivity index (χ0) is 10.7. The molecule has 0 bridgehead atoms. The summed E-state index contributed by atoms with van der Waals surface area (Å²) in [5.74, 6) is -3.57. The number of nitrogens with two attached hydrogens (primary N) is 1. The van der Waals surface area contributed by atoms with Crippen LogP contribution in [-0.2, 0) is 4.79 Å². The van der Waals surface area contributed by atoms with Crippen LogP contribution in [0.5, 0.6) is 0 Å². The fourth-order valence-electron chi connectivity index (χ4n) is 0.893. The Morgan fingerprint density at radius 2 is 2.21 bits per heavy atom. The Kier molecular flexibility index (Phi) is 2.82. The van der Waals surface area contributed by atoms with Crippen LogP contribution >= 0.6 is 0 Å². The van der Waals surface area contributed by atoms with E-state index in [-0.39, 0.29) is 18.0 Å². The molecule has 7 nitrogen and oxygen atoms in total. The number of aromatic carboxylic acids is 1. The van der Waals surface area contributed by atoms with E-state index < -0.39 is 17.9 Å². The molecule has 0 aliphatic heterocycles. The lowest BCUT2D eigenvalue weighted by molar-refractivity contribution is -0.139. The first kappa shape index (κ1) is 10.2. The minimum absolute atomic E-state index is 0.0580. The Labute approximate surface area is 78.1 Å². The van der Waals surface area contributed by atoms with E-state index in [9.17, 15) is 9.59 Å². The summed E-state index contributed by atoms with van der Waals surface area (Å²) in [4.78, 5) is 21.0. The van der Waals surface area contributed by atoms with Crippen LogP contribution in [0.1, 0.15) is 22.2 Å². The molecule has 0 aliphatic carbocycles. The molecule has 0 spiro atoms. The van der Waals surface area contributed by atoms with E-state index in [0.717, 1.165) is 6.07 Å². The Bertz CT molecular complexity index is 359. The van der Waals surface area contributed by atoms with E-state index in [1.807, 2.05) is 0 Å². The maximum Gasteiger partial charge on any atom is 0.358 e. The lowest BCUT2D eigenvalue weighted by atomic mass is 10.1. The highest BCUT2D eigenvalue weighted by molar-refractivity contribution is 5.85. The quantitative estimate of drug-likeness (QED) is 0.597. The molecule has 1 heterocycles. The lowest BCUT2D eigenvalue weighted by Crippen LogP contribution is -2.20. The van der Waals surface area contributed by atoms with Gasteiger partial charge in [-0.05, 0) is 0 Å². The molecule has 0 fully saturated rings. The molecule has 0 aromatic carbocycles. The molecule has 14 heavy (non-hydrogen) atoms. The van der Waals surface area contributed by atoms with Crippen LogP contribution in [0, 0.1) is 0 Å². The normalized spacial score (nSPS) is 12.4. The van der Waals surface area contributed by atoms with Crippen molar-refractivity contribution in [1.82, 2.24) is 5.16 Å². The van der Waals surface area contributed by atoms with Crippen LogP contribution in [0.2, 0.25) is 0 Å². The highest BCUT2D eigenvalue weighted by Gasteiger charge is 2.24. The van der Waals surface area contributed by atoms with E-state index in [2.05, 4.69) is 9.68 Å². The number of carboxylic acid groups (broad SMARTS) is 2. The van der Waals surface area contributed by atoms with Gasteiger partial charge in [0, 0.05) is 12.6 Å². The van der Waals surface area contributed by atoms with Gasteiger partial charge in [-0.15, -0.1) is 0 Å². The van der Waals surface area contributed by atoms with Crippen LogP contribution in [0.4, 0.5) is 0 Å². The topological polar surface area (TPSA) is 127 Å². The SMILES string of the molecule is NCC(C(=O)O)c1cc(C(=O)O)no1. The molecule has 0 radical (unpaired) electrons. The fourth-order valence-corrected chi connectivity index (χ4v) is 0.893. The fraction of sp³-hybridized carbons (Fsp3) is 0.286. The molecule has 7 heteroatoms. The van der Waals surface area contributed by atoms with Crippen LogP contribution in [0.15, 0.2) is 10.6 Å². The summed E-state index contributed by atoms with van der Waals surface area (Å²) in [6.07, 6.45) is 0. The standard InChI is InChI=1S/C7H8N2O5/c8-2-3(6(10)11)5-1-4(7(12)13)9-14-5/h1,3H,2,8H2,(H,10,11)(H,12,13). The first-order chi connectivity index (χ1) is 6.56. The van der Waals surface area contributed by atoms with Gasteiger partial charge < -0.3 is 20.5 Å². The predicted molar refractivity (Wildman–Crippen MR) is 42.9 cm³/mol. The second-order valence-corrected chi connectivity index (χ2v) is 2.55. The van der Waals surface area contributed by atoms with E-state index in [4.69, 9.17) is 15.9 Å². The number of aromatic nitrogens is 1. The maximum atomic E-state index is 10.6. The van der Waals surface area contributed by atoms with Gasteiger partial charge >= 0.3 is 11.9 Å². The average molecular weight is 200 g/mol. The Balaban J connectivity index is 2.95. The third-order valence-corrected chi connectivity index (χ3v) is 1.62. The molecule has 1 rings (SSSR count). The number of rotatable bonds is 4. The molecule has 4 N–H and O–H groups in total. The smallest absolute Gasteiger partial charge is 0.358 e. The Morgan fingerprint density at radius 3 is 2.57 bits per heavy atom. The van der Waals surface area contributed by atoms with Crippen molar-refractivity contribution >= 4 is 11.9 Å². The average Bonchev–Trinajstić information content (AvgIpc) is 2.53. The zero-order valence-corrected chi connectivity index (χ0v) is 7.01.